The summed E-state index contributed by atoms with van der Waals surface area (Å²) in [5.74, 6) is 1.53. The summed E-state index contributed by atoms with van der Waals surface area (Å²) in [5.41, 5.74) is 1.09. The van der Waals surface area contributed by atoms with Crippen LogP contribution in [0.1, 0.15) is 25.5 Å². The van der Waals surface area contributed by atoms with Gasteiger partial charge in [0, 0.05) is 19.2 Å². The second kappa shape index (κ2) is 7.46. The molecule has 0 spiro atoms. The van der Waals surface area contributed by atoms with Crippen LogP contribution in [0, 0.1) is 5.92 Å². The number of hydrogen-bond donors (Lipinski definition) is 1. The van der Waals surface area contributed by atoms with Crippen molar-refractivity contribution in [2.45, 2.75) is 26.3 Å². The van der Waals surface area contributed by atoms with Crippen molar-refractivity contribution in [2.75, 3.05) is 33.3 Å². The molecule has 19 heavy (non-hydrogen) atoms. The zero-order chi connectivity index (χ0) is 13.5. The average Bonchev–Trinajstić information content (AvgIpc) is 2.48. The minimum Gasteiger partial charge on any atom is -0.481 e. The second-order valence-electron chi connectivity index (χ2n) is 5.19. The first-order valence-electron chi connectivity index (χ1n) is 7.24. The second-order valence-corrected chi connectivity index (χ2v) is 5.19. The molecule has 1 aromatic heterocycles. The van der Waals surface area contributed by atoms with Crippen molar-refractivity contribution in [3.8, 4) is 5.88 Å². The predicted molar refractivity (Wildman–Crippen MR) is 77.3 cm³/mol. The molecule has 0 aliphatic carbocycles. The standard InChI is InChI=1S/C15H25N3O/c1-3-18(11-13-7-9-16-10-8-13)12-14-5-4-6-15(17-14)19-2/h4-6,13,16H,3,7-12H2,1-2H3. The molecular formula is C15H25N3O. The molecule has 2 rings (SSSR count). The smallest absolute Gasteiger partial charge is 0.213 e. The fourth-order valence-corrected chi connectivity index (χ4v) is 2.62. The maximum Gasteiger partial charge on any atom is 0.213 e. The highest BCUT2D eigenvalue weighted by molar-refractivity contribution is 5.15. The number of pyridine rings is 1. The number of piperidine rings is 1. The van der Waals surface area contributed by atoms with Gasteiger partial charge in [-0.3, -0.25) is 4.90 Å². The van der Waals surface area contributed by atoms with Crippen LogP contribution in [0.15, 0.2) is 18.2 Å². The van der Waals surface area contributed by atoms with Gasteiger partial charge in [-0.2, -0.15) is 0 Å². The van der Waals surface area contributed by atoms with Gasteiger partial charge in [-0.05, 0) is 44.5 Å². The summed E-state index contributed by atoms with van der Waals surface area (Å²) in [6.45, 7) is 7.72. The van der Waals surface area contributed by atoms with Crippen LogP contribution in [-0.4, -0.2) is 43.2 Å². The SMILES string of the molecule is CCN(Cc1cccc(OC)n1)CC1CCNCC1. The first kappa shape index (κ1) is 14.3. The lowest BCUT2D eigenvalue weighted by Gasteiger charge is -2.29. The Morgan fingerprint density at radius 2 is 2.16 bits per heavy atom. The molecular weight excluding hydrogens is 238 g/mol. The van der Waals surface area contributed by atoms with Gasteiger partial charge < -0.3 is 10.1 Å². The van der Waals surface area contributed by atoms with E-state index in [1.54, 1.807) is 7.11 Å². The molecule has 0 amide bonds. The van der Waals surface area contributed by atoms with Gasteiger partial charge in [0.2, 0.25) is 5.88 Å². The fraction of sp³-hybridized carbons (Fsp3) is 0.667. The molecule has 1 aliphatic heterocycles. The van der Waals surface area contributed by atoms with E-state index in [1.165, 1.54) is 32.5 Å². The van der Waals surface area contributed by atoms with Crippen molar-refractivity contribution in [3.63, 3.8) is 0 Å². The van der Waals surface area contributed by atoms with E-state index < -0.39 is 0 Å². The van der Waals surface area contributed by atoms with Gasteiger partial charge in [0.05, 0.1) is 12.8 Å². The summed E-state index contributed by atoms with van der Waals surface area (Å²) in [6.07, 6.45) is 2.59. The van der Waals surface area contributed by atoms with Crippen LogP contribution in [0.5, 0.6) is 5.88 Å². The number of ether oxygens (including phenoxy) is 1. The maximum atomic E-state index is 5.18. The third-order valence-electron chi connectivity index (χ3n) is 3.80. The van der Waals surface area contributed by atoms with Gasteiger partial charge in [-0.1, -0.05) is 13.0 Å². The molecule has 0 aromatic carbocycles. The summed E-state index contributed by atoms with van der Waals surface area (Å²) in [6, 6.07) is 5.99. The third kappa shape index (κ3) is 4.48. The largest absolute Gasteiger partial charge is 0.481 e. The monoisotopic (exact) mass is 263 g/mol. The van der Waals surface area contributed by atoms with E-state index in [0.717, 1.165) is 24.7 Å². The number of hydrogen-bond acceptors (Lipinski definition) is 4. The van der Waals surface area contributed by atoms with E-state index in [1.807, 2.05) is 12.1 Å². The molecule has 0 bridgehead atoms. The Labute approximate surface area is 116 Å². The van der Waals surface area contributed by atoms with E-state index in [-0.39, 0.29) is 0 Å². The molecule has 0 saturated carbocycles. The minimum atomic E-state index is 0.704. The zero-order valence-electron chi connectivity index (χ0n) is 12.1. The van der Waals surface area contributed by atoms with E-state index in [0.29, 0.717) is 5.88 Å². The zero-order valence-corrected chi connectivity index (χ0v) is 12.1. The van der Waals surface area contributed by atoms with Crippen LogP contribution in [0.25, 0.3) is 0 Å². The van der Waals surface area contributed by atoms with E-state index >= 15 is 0 Å². The van der Waals surface area contributed by atoms with Crippen LogP contribution in [0.2, 0.25) is 0 Å². The van der Waals surface area contributed by atoms with Gasteiger partial charge in [0.15, 0.2) is 0 Å². The summed E-state index contributed by atoms with van der Waals surface area (Å²) >= 11 is 0. The third-order valence-corrected chi connectivity index (χ3v) is 3.80. The van der Waals surface area contributed by atoms with Gasteiger partial charge in [-0.15, -0.1) is 0 Å². The van der Waals surface area contributed by atoms with Crippen LogP contribution < -0.4 is 10.1 Å². The molecule has 1 fully saturated rings. The molecule has 0 atom stereocenters. The number of aromatic nitrogens is 1. The number of methoxy groups -OCH3 is 1. The van der Waals surface area contributed by atoms with Crippen LogP contribution in [-0.2, 0) is 6.54 Å². The van der Waals surface area contributed by atoms with Crippen molar-refractivity contribution in [2.24, 2.45) is 5.92 Å². The summed E-state index contributed by atoms with van der Waals surface area (Å²) in [5, 5.41) is 3.42. The van der Waals surface area contributed by atoms with Gasteiger partial charge in [0.1, 0.15) is 0 Å². The first-order valence-corrected chi connectivity index (χ1v) is 7.24. The number of rotatable bonds is 6. The lowest BCUT2D eigenvalue weighted by atomic mass is 9.97. The van der Waals surface area contributed by atoms with Crippen LogP contribution >= 0.6 is 0 Å². The summed E-state index contributed by atoms with van der Waals surface area (Å²) in [7, 11) is 1.67. The van der Waals surface area contributed by atoms with E-state index in [4.69, 9.17) is 4.74 Å². The molecule has 2 heterocycles. The van der Waals surface area contributed by atoms with Gasteiger partial charge in [0.25, 0.3) is 0 Å². The Balaban J connectivity index is 1.90. The Morgan fingerprint density at radius 1 is 1.37 bits per heavy atom. The van der Waals surface area contributed by atoms with E-state index in [9.17, 15) is 0 Å². The van der Waals surface area contributed by atoms with Gasteiger partial charge in [-0.25, -0.2) is 4.98 Å². The molecule has 1 aromatic rings. The van der Waals surface area contributed by atoms with Crippen molar-refractivity contribution in [1.29, 1.82) is 0 Å². The summed E-state index contributed by atoms with van der Waals surface area (Å²) < 4.78 is 5.18. The molecule has 4 heteroatoms. The maximum absolute atomic E-state index is 5.18. The van der Waals surface area contributed by atoms with Crippen LogP contribution in [0.3, 0.4) is 0 Å². The van der Waals surface area contributed by atoms with Gasteiger partial charge >= 0.3 is 0 Å². The lowest BCUT2D eigenvalue weighted by molar-refractivity contribution is 0.204. The lowest BCUT2D eigenvalue weighted by Crippen LogP contribution is -2.36. The van der Waals surface area contributed by atoms with Crippen molar-refractivity contribution >= 4 is 0 Å². The van der Waals surface area contributed by atoms with Crippen molar-refractivity contribution < 1.29 is 4.74 Å². The molecule has 106 valence electrons. The number of nitrogens with one attached hydrogen (secondary N) is 1. The Morgan fingerprint density at radius 3 is 2.84 bits per heavy atom. The topological polar surface area (TPSA) is 37.4 Å². The number of nitrogens with zero attached hydrogens (tertiary/aromatic N) is 2. The predicted octanol–water partition coefficient (Wildman–Crippen LogP) is 1.91. The highest BCUT2D eigenvalue weighted by atomic mass is 16.5. The Bertz CT molecular complexity index is 377. The van der Waals surface area contributed by atoms with Crippen LogP contribution in [0.4, 0.5) is 0 Å². The molecule has 0 unspecified atom stereocenters. The van der Waals surface area contributed by atoms with Crippen molar-refractivity contribution in [3.05, 3.63) is 23.9 Å². The fourth-order valence-electron chi connectivity index (χ4n) is 2.62. The molecule has 0 radical (unpaired) electrons. The average molecular weight is 263 g/mol. The first-order chi connectivity index (χ1) is 9.31. The molecule has 1 N–H and O–H groups in total. The quantitative estimate of drug-likeness (QED) is 0.851. The molecule has 1 saturated heterocycles. The summed E-state index contributed by atoms with van der Waals surface area (Å²) in [4.78, 5) is 6.98. The normalized spacial score (nSPS) is 16.8. The van der Waals surface area contributed by atoms with Crippen molar-refractivity contribution in [1.82, 2.24) is 15.2 Å². The minimum absolute atomic E-state index is 0.704. The Kier molecular flexibility index (Phi) is 5.61. The highest BCUT2D eigenvalue weighted by Crippen LogP contribution is 2.15. The highest BCUT2D eigenvalue weighted by Gasteiger charge is 2.16. The molecule has 1 aliphatic rings. The van der Waals surface area contributed by atoms with E-state index in [2.05, 4.69) is 28.2 Å². The molecule has 4 nitrogen and oxygen atoms in total. The Hall–Kier alpha value is -1.13.